The van der Waals surface area contributed by atoms with Gasteiger partial charge in [-0.15, -0.1) is 0 Å². The first kappa shape index (κ1) is 7.76. The minimum Gasteiger partial charge on any atom is -0.375 e. The topological polar surface area (TPSA) is 21.8 Å². The van der Waals surface area contributed by atoms with Crippen LogP contribution in [0.4, 0.5) is 0 Å². The third kappa shape index (κ3) is 2.50. The Labute approximate surface area is 61.8 Å². The third-order valence-electron chi connectivity index (χ3n) is 1.57. The van der Waals surface area contributed by atoms with Crippen molar-refractivity contribution in [3.63, 3.8) is 0 Å². The Morgan fingerprint density at radius 2 is 2.30 bits per heavy atom. The lowest BCUT2D eigenvalue weighted by atomic mass is 10.4. The van der Waals surface area contributed by atoms with Crippen LogP contribution in [0.15, 0.2) is 12.2 Å². The molecule has 0 amide bonds. The van der Waals surface area contributed by atoms with E-state index >= 15 is 0 Å². The Morgan fingerprint density at radius 1 is 1.60 bits per heavy atom. The molecule has 1 rings (SSSR count). The maximum atomic E-state index is 5.26. The summed E-state index contributed by atoms with van der Waals surface area (Å²) < 4.78 is 10.4. The molecule has 1 aliphatic rings. The number of rotatable bonds is 4. The van der Waals surface area contributed by atoms with E-state index in [0.717, 1.165) is 6.61 Å². The van der Waals surface area contributed by atoms with Crippen molar-refractivity contribution in [3.8, 4) is 0 Å². The van der Waals surface area contributed by atoms with Crippen LogP contribution in [0.1, 0.15) is 13.8 Å². The van der Waals surface area contributed by atoms with Crippen molar-refractivity contribution in [3.05, 3.63) is 12.2 Å². The normalized spacial score (nSPS) is 31.4. The Bertz CT molecular complexity index is 120. The highest BCUT2D eigenvalue weighted by Gasteiger charge is 2.33. The van der Waals surface area contributed by atoms with E-state index in [9.17, 15) is 0 Å². The van der Waals surface area contributed by atoms with Crippen LogP contribution >= 0.6 is 0 Å². The first-order chi connectivity index (χ1) is 4.84. The summed E-state index contributed by atoms with van der Waals surface area (Å²) in [5, 5.41) is 0. The van der Waals surface area contributed by atoms with E-state index in [1.807, 2.05) is 19.1 Å². The molecule has 58 valence electrons. The lowest BCUT2D eigenvalue weighted by Crippen LogP contribution is -2.02. The molecule has 0 aromatic carbocycles. The van der Waals surface area contributed by atoms with Gasteiger partial charge >= 0.3 is 0 Å². The van der Waals surface area contributed by atoms with E-state index in [1.165, 1.54) is 0 Å². The average Bonchev–Trinajstić information content (AvgIpc) is 2.60. The number of hydrogen-bond donors (Lipinski definition) is 0. The maximum Gasteiger partial charge on any atom is 0.107 e. The minimum absolute atomic E-state index is 0.366. The highest BCUT2D eigenvalue weighted by Crippen LogP contribution is 2.20. The second-order valence-electron chi connectivity index (χ2n) is 2.49. The molecule has 2 nitrogen and oxygen atoms in total. The predicted octanol–water partition coefficient (Wildman–Crippen LogP) is 1.37. The average molecular weight is 142 g/mol. The van der Waals surface area contributed by atoms with Crippen molar-refractivity contribution in [1.29, 1.82) is 0 Å². The summed E-state index contributed by atoms with van der Waals surface area (Å²) in [6, 6.07) is 0. The van der Waals surface area contributed by atoms with Gasteiger partial charge in [-0.25, -0.2) is 0 Å². The zero-order valence-corrected chi connectivity index (χ0v) is 6.54. The highest BCUT2D eigenvalue weighted by atomic mass is 16.6. The monoisotopic (exact) mass is 142 g/mol. The van der Waals surface area contributed by atoms with Crippen molar-refractivity contribution in [2.75, 3.05) is 13.2 Å². The SMILES string of the molecule is CC=CCOCC1OC1C. The molecular weight excluding hydrogens is 128 g/mol. The van der Waals surface area contributed by atoms with Gasteiger partial charge in [-0.3, -0.25) is 0 Å². The molecule has 0 aromatic rings. The summed E-state index contributed by atoms with van der Waals surface area (Å²) >= 11 is 0. The largest absolute Gasteiger partial charge is 0.375 e. The van der Waals surface area contributed by atoms with Gasteiger partial charge in [-0.1, -0.05) is 12.2 Å². The van der Waals surface area contributed by atoms with Crippen LogP contribution in [0.3, 0.4) is 0 Å². The van der Waals surface area contributed by atoms with Gasteiger partial charge in [-0.2, -0.15) is 0 Å². The second-order valence-corrected chi connectivity index (χ2v) is 2.49. The predicted molar refractivity (Wildman–Crippen MR) is 40.0 cm³/mol. The van der Waals surface area contributed by atoms with Crippen LogP contribution in [0.2, 0.25) is 0 Å². The summed E-state index contributed by atoms with van der Waals surface area (Å²) in [4.78, 5) is 0. The standard InChI is InChI=1S/C8H14O2/c1-3-4-5-9-6-8-7(2)10-8/h3-4,7-8H,5-6H2,1-2H3. The molecule has 1 aliphatic heterocycles. The Morgan fingerprint density at radius 3 is 2.80 bits per heavy atom. The fraction of sp³-hybridized carbons (Fsp3) is 0.750. The molecule has 2 unspecified atom stereocenters. The van der Waals surface area contributed by atoms with Crippen molar-refractivity contribution in [2.45, 2.75) is 26.1 Å². The molecule has 10 heavy (non-hydrogen) atoms. The molecule has 2 heteroatoms. The van der Waals surface area contributed by atoms with Gasteiger partial charge < -0.3 is 9.47 Å². The molecule has 0 aliphatic carbocycles. The first-order valence-electron chi connectivity index (χ1n) is 3.69. The van der Waals surface area contributed by atoms with Crippen LogP contribution in [-0.2, 0) is 9.47 Å². The van der Waals surface area contributed by atoms with Gasteiger partial charge in [0.05, 0.1) is 19.3 Å². The van der Waals surface area contributed by atoms with E-state index in [1.54, 1.807) is 0 Å². The van der Waals surface area contributed by atoms with E-state index in [0.29, 0.717) is 18.8 Å². The summed E-state index contributed by atoms with van der Waals surface area (Å²) in [5.41, 5.74) is 0. The molecule has 2 atom stereocenters. The zero-order valence-electron chi connectivity index (χ0n) is 6.54. The number of epoxide rings is 1. The number of allylic oxidation sites excluding steroid dienone is 1. The van der Waals surface area contributed by atoms with E-state index < -0.39 is 0 Å². The first-order valence-corrected chi connectivity index (χ1v) is 3.69. The van der Waals surface area contributed by atoms with Crippen LogP contribution in [-0.4, -0.2) is 25.4 Å². The second kappa shape index (κ2) is 3.74. The Hall–Kier alpha value is -0.340. The van der Waals surface area contributed by atoms with E-state index in [2.05, 4.69) is 6.92 Å². The van der Waals surface area contributed by atoms with Gasteiger partial charge in [0, 0.05) is 0 Å². The van der Waals surface area contributed by atoms with Gasteiger partial charge in [-0.05, 0) is 13.8 Å². The lowest BCUT2D eigenvalue weighted by molar-refractivity contribution is 0.141. The molecule has 0 spiro atoms. The Balaban J connectivity index is 1.87. The summed E-state index contributed by atoms with van der Waals surface area (Å²) in [5.74, 6) is 0. The number of ether oxygens (including phenoxy) is 2. The summed E-state index contributed by atoms with van der Waals surface area (Å²) in [6.45, 7) is 5.50. The van der Waals surface area contributed by atoms with E-state index in [-0.39, 0.29) is 0 Å². The molecule has 0 aromatic heterocycles. The fourth-order valence-electron chi connectivity index (χ4n) is 0.754. The smallest absolute Gasteiger partial charge is 0.107 e. The quantitative estimate of drug-likeness (QED) is 0.336. The molecule has 0 saturated carbocycles. The van der Waals surface area contributed by atoms with Crippen molar-refractivity contribution in [1.82, 2.24) is 0 Å². The zero-order chi connectivity index (χ0) is 7.40. The van der Waals surface area contributed by atoms with Gasteiger partial charge in [0.1, 0.15) is 6.10 Å². The molecule has 0 radical (unpaired) electrons. The minimum atomic E-state index is 0.366. The molecule has 1 saturated heterocycles. The number of hydrogen-bond acceptors (Lipinski definition) is 2. The Kier molecular flexibility index (Phi) is 2.90. The summed E-state index contributed by atoms with van der Waals surface area (Å²) in [6.07, 6.45) is 4.76. The van der Waals surface area contributed by atoms with E-state index in [4.69, 9.17) is 9.47 Å². The van der Waals surface area contributed by atoms with Gasteiger partial charge in [0.2, 0.25) is 0 Å². The molecule has 1 heterocycles. The van der Waals surface area contributed by atoms with Crippen LogP contribution < -0.4 is 0 Å². The highest BCUT2D eigenvalue weighted by molar-refractivity contribution is 4.81. The van der Waals surface area contributed by atoms with Crippen molar-refractivity contribution >= 4 is 0 Å². The van der Waals surface area contributed by atoms with Crippen LogP contribution in [0, 0.1) is 0 Å². The molecule has 0 N–H and O–H groups in total. The van der Waals surface area contributed by atoms with Crippen LogP contribution in [0.25, 0.3) is 0 Å². The van der Waals surface area contributed by atoms with Gasteiger partial charge in [0.15, 0.2) is 0 Å². The molecular formula is C8H14O2. The fourth-order valence-corrected chi connectivity index (χ4v) is 0.754. The maximum absolute atomic E-state index is 5.26. The van der Waals surface area contributed by atoms with Crippen molar-refractivity contribution in [2.24, 2.45) is 0 Å². The van der Waals surface area contributed by atoms with Gasteiger partial charge in [0.25, 0.3) is 0 Å². The lowest BCUT2D eigenvalue weighted by Gasteiger charge is -1.94. The third-order valence-corrected chi connectivity index (χ3v) is 1.57. The molecule has 0 bridgehead atoms. The summed E-state index contributed by atoms with van der Waals surface area (Å²) in [7, 11) is 0. The molecule has 1 fully saturated rings. The van der Waals surface area contributed by atoms with Crippen LogP contribution in [0.5, 0.6) is 0 Å². The van der Waals surface area contributed by atoms with Crippen molar-refractivity contribution < 1.29 is 9.47 Å².